The molecule has 4 rings (SSSR count). The second-order valence-corrected chi connectivity index (χ2v) is 7.09. The van der Waals surface area contributed by atoms with Gasteiger partial charge in [0.15, 0.2) is 0 Å². The third kappa shape index (κ3) is 3.55. The monoisotopic (exact) mass is 342 g/mol. The third-order valence-corrected chi connectivity index (χ3v) is 4.90. The Morgan fingerprint density at radius 2 is 2.16 bits per heavy atom. The van der Waals surface area contributed by atoms with Crippen LogP contribution < -0.4 is 9.80 Å². The molecule has 25 heavy (non-hydrogen) atoms. The molecular weight excluding hydrogens is 319 g/mol. The lowest BCUT2D eigenvalue weighted by atomic mass is 10.2. The Hall–Kier alpha value is -2.31. The van der Waals surface area contributed by atoms with Gasteiger partial charge in [-0.05, 0) is 25.8 Å². The minimum atomic E-state index is -0.831. The second kappa shape index (κ2) is 6.54. The average molecular weight is 342 g/mol. The van der Waals surface area contributed by atoms with E-state index in [1.165, 1.54) is 19.2 Å². The van der Waals surface area contributed by atoms with Crippen LogP contribution in [0.5, 0.6) is 0 Å². The smallest absolute Gasteiger partial charge is 0.134 e. The lowest BCUT2D eigenvalue weighted by molar-refractivity contribution is 0.356. The zero-order valence-corrected chi connectivity index (χ0v) is 14.6. The predicted molar refractivity (Wildman–Crippen MR) is 94.7 cm³/mol. The van der Waals surface area contributed by atoms with Crippen LogP contribution in [0.15, 0.2) is 24.7 Å². The van der Waals surface area contributed by atoms with Gasteiger partial charge in [0.05, 0.1) is 12.6 Å². The quantitative estimate of drug-likeness (QED) is 0.832. The maximum Gasteiger partial charge on any atom is 0.134 e. The minimum Gasteiger partial charge on any atom is -0.357 e. The van der Waals surface area contributed by atoms with Crippen molar-refractivity contribution in [1.82, 2.24) is 19.9 Å². The normalized spacial score (nSPS) is 23.1. The van der Waals surface area contributed by atoms with Gasteiger partial charge >= 0.3 is 0 Å². The molecule has 3 heterocycles. The molecule has 0 bridgehead atoms. The average Bonchev–Trinajstić information content (AvgIpc) is 3.39. The van der Waals surface area contributed by atoms with E-state index in [0.29, 0.717) is 25.4 Å². The third-order valence-electron chi connectivity index (χ3n) is 4.90. The van der Waals surface area contributed by atoms with Crippen LogP contribution in [0, 0.1) is 6.92 Å². The lowest BCUT2D eigenvalue weighted by Crippen LogP contribution is -2.39. The van der Waals surface area contributed by atoms with Crippen molar-refractivity contribution in [2.75, 3.05) is 29.9 Å². The highest BCUT2D eigenvalue weighted by Crippen LogP contribution is 2.38. The van der Waals surface area contributed by atoms with Crippen LogP contribution in [0.3, 0.4) is 0 Å². The molecule has 2 aromatic heterocycles. The van der Waals surface area contributed by atoms with Crippen LogP contribution in [0.25, 0.3) is 0 Å². The number of anilines is 2. The molecule has 2 aromatic rings. The Balaban J connectivity index is 1.52. The number of nitrogens with zero attached hydrogens (tertiary/aromatic N) is 6. The molecule has 2 fully saturated rings. The van der Waals surface area contributed by atoms with Gasteiger partial charge in [0.1, 0.15) is 30.0 Å². The lowest BCUT2D eigenvalue weighted by Gasteiger charge is -2.29. The van der Waals surface area contributed by atoms with Gasteiger partial charge in [-0.15, -0.1) is 0 Å². The van der Waals surface area contributed by atoms with Gasteiger partial charge in [-0.2, -0.15) is 0 Å². The Kier molecular flexibility index (Phi) is 4.23. The Morgan fingerprint density at radius 3 is 2.88 bits per heavy atom. The van der Waals surface area contributed by atoms with Crippen molar-refractivity contribution in [3.63, 3.8) is 0 Å². The first-order valence-electron chi connectivity index (χ1n) is 8.83. The van der Waals surface area contributed by atoms with E-state index in [0.717, 1.165) is 23.2 Å². The first-order chi connectivity index (χ1) is 12.1. The number of aromatic nitrogens is 4. The van der Waals surface area contributed by atoms with Crippen molar-refractivity contribution >= 4 is 11.6 Å². The van der Waals surface area contributed by atoms with Gasteiger partial charge in [-0.3, -0.25) is 0 Å². The molecule has 7 heteroatoms. The summed E-state index contributed by atoms with van der Waals surface area (Å²) < 4.78 is 14.1. The predicted octanol–water partition coefficient (Wildman–Crippen LogP) is 2.51. The number of rotatable bonds is 5. The summed E-state index contributed by atoms with van der Waals surface area (Å²) in [6.45, 7) is 3.09. The van der Waals surface area contributed by atoms with E-state index >= 15 is 0 Å². The first kappa shape index (κ1) is 16.2. The molecule has 1 saturated heterocycles. The number of alkyl halides is 1. The molecule has 0 radical (unpaired) electrons. The van der Waals surface area contributed by atoms with E-state index in [2.05, 4.69) is 19.9 Å². The van der Waals surface area contributed by atoms with Gasteiger partial charge < -0.3 is 9.80 Å². The van der Waals surface area contributed by atoms with E-state index < -0.39 is 6.17 Å². The van der Waals surface area contributed by atoms with E-state index in [4.69, 9.17) is 4.98 Å². The first-order valence-corrected chi connectivity index (χ1v) is 8.83. The van der Waals surface area contributed by atoms with E-state index in [9.17, 15) is 4.39 Å². The van der Waals surface area contributed by atoms with Crippen molar-refractivity contribution in [2.45, 2.75) is 44.3 Å². The van der Waals surface area contributed by atoms with E-state index in [1.54, 1.807) is 6.20 Å². The van der Waals surface area contributed by atoms with E-state index in [1.807, 2.05) is 31.0 Å². The van der Waals surface area contributed by atoms with Crippen molar-refractivity contribution in [3.8, 4) is 0 Å². The van der Waals surface area contributed by atoms with Crippen LogP contribution in [-0.4, -0.2) is 52.3 Å². The molecule has 1 aliphatic heterocycles. The fourth-order valence-corrected chi connectivity index (χ4v) is 3.47. The maximum atomic E-state index is 14.1. The highest BCUT2D eigenvalue weighted by Gasteiger charge is 2.34. The molecule has 6 nitrogen and oxygen atoms in total. The summed E-state index contributed by atoms with van der Waals surface area (Å²) in [5.41, 5.74) is 0.987. The van der Waals surface area contributed by atoms with Gasteiger partial charge in [-0.25, -0.2) is 24.3 Å². The van der Waals surface area contributed by atoms with Crippen molar-refractivity contribution in [2.24, 2.45) is 0 Å². The molecular formula is C18H23FN6. The highest BCUT2D eigenvalue weighted by molar-refractivity contribution is 5.44. The summed E-state index contributed by atoms with van der Waals surface area (Å²) in [5, 5.41) is 0. The topological polar surface area (TPSA) is 58.0 Å². The molecule has 2 aliphatic rings. The minimum absolute atomic E-state index is 0.0644. The summed E-state index contributed by atoms with van der Waals surface area (Å²) in [6, 6.07) is 3.91. The summed E-state index contributed by atoms with van der Waals surface area (Å²) >= 11 is 0. The van der Waals surface area contributed by atoms with Crippen molar-refractivity contribution in [3.05, 3.63) is 36.2 Å². The number of hydrogen-bond acceptors (Lipinski definition) is 6. The maximum absolute atomic E-state index is 14.1. The van der Waals surface area contributed by atoms with Crippen molar-refractivity contribution in [1.29, 1.82) is 0 Å². The summed E-state index contributed by atoms with van der Waals surface area (Å²) in [5.74, 6) is 3.17. The van der Waals surface area contributed by atoms with E-state index in [-0.39, 0.29) is 6.04 Å². The van der Waals surface area contributed by atoms with Crippen LogP contribution in [0.1, 0.15) is 36.7 Å². The standard InChI is InChI=1S/C18H23FN6/c1-12-7-17(23-18(22-12)13-3-4-13)24(2)10-15-8-14(19)9-25(15)16-5-6-20-11-21-16/h5-7,11,13-15H,3-4,8-10H2,1-2H3/t14-,15-/m0/s1. The number of hydrogen-bond donors (Lipinski definition) is 0. The molecule has 2 atom stereocenters. The zero-order valence-electron chi connectivity index (χ0n) is 14.6. The summed E-state index contributed by atoms with van der Waals surface area (Å²) in [6.07, 6.45) is 5.25. The fraction of sp³-hybridized carbons (Fsp3) is 0.556. The van der Waals surface area contributed by atoms with Crippen molar-refractivity contribution < 1.29 is 4.39 Å². The van der Waals surface area contributed by atoms with Gasteiger partial charge in [0, 0.05) is 43.9 Å². The van der Waals surface area contributed by atoms with Gasteiger partial charge in [0.2, 0.25) is 0 Å². The number of likely N-dealkylation sites (N-methyl/N-ethyl adjacent to an activating group) is 1. The fourth-order valence-electron chi connectivity index (χ4n) is 3.47. The zero-order chi connectivity index (χ0) is 17.4. The molecule has 0 spiro atoms. The Morgan fingerprint density at radius 1 is 1.32 bits per heavy atom. The largest absolute Gasteiger partial charge is 0.357 e. The summed E-state index contributed by atoms with van der Waals surface area (Å²) in [7, 11) is 2.02. The number of halogens is 1. The molecule has 132 valence electrons. The Labute approximate surface area is 147 Å². The molecule has 0 aromatic carbocycles. The van der Waals surface area contributed by atoms with Gasteiger partial charge in [-0.1, -0.05) is 0 Å². The second-order valence-electron chi connectivity index (χ2n) is 7.09. The molecule has 0 N–H and O–H groups in total. The molecule has 1 aliphatic carbocycles. The molecule has 0 unspecified atom stereocenters. The number of aryl methyl sites for hydroxylation is 1. The molecule has 0 amide bonds. The summed E-state index contributed by atoms with van der Waals surface area (Å²) in [4.78, 5) is 21.7. The van der Waals surface area contributed by atoms with Gasteiger partial charge in [0.25, 0.3) is 0 Å². The van der Waals surface area contributed by atoms with Crippen LogP contribution in [0.4, 0.5) is 16.0 Å². The van der Waals surface area contributed by atoms with Crippen LogP contribution in [-0.2, 0) is 0 Å². The SMILES string of the molecule is Cc1cc(N(C)C[C@@H]2C[C@H](F)CN2c2ccncn2)nc(C2CC2)n1. The van der Waals surface area contributed by atoms with Crippen LogP contribution >= 0.6 is 0 Å². The Bertz CT molecular complexity index is 736. The highest BCUT2D eigenvalue weighted by atomic mass is 19.1. The molecule has 1 saturated carbocycles. The van der Waals surface area contributed by atoms with Crippen LogP contribution in [0.2, 0.25) is 0 Å².